The first kappa shape index (κ1) is 81.5. The minimum Gasteiger partial charge on any atom is -0.481 e. The molecule has 0 saturated heterocycles. The molecule has 0 atom stereocenters. The number of aliphatic carboxylic acids is 2. The Balaban J connectivity index is -0.000000363. The molecule has 0 spiro atoms. The van der Waals surface area contributed by atoms with Crippen molar-refractivity contribution < 1.29 is 204 Å². The van der Waals surface area contributed by atoms with Gasteiger partial charge in [-0.2, -0.15) is 184 Å². The number of halogens is 42. The lowest BCUT2D eigenvalue weighted by Gasteiger charge is -2.44. The van der Waals surface area contributed by atoms with Crippen molar-refractivity contribution in [3.05, 3.63) is 0 Å². The first-order chi connectivity index (χ1) is 31.9. The molecule has 0 aliphatic heterocycles. The highest BCUT2D eigenvalue weighted by Crippen LogP contribution is 2.68. The first-order valence-corrected chi connectivity index (χ1v) is 17.5. The summed E-state index contributed by atoms with van der Waals surface area (Å²) in [5.74, 6) is -142. The molecule has 0 aromatic carbocycles. The van der Waals surface area contributed by atoms with Gasteiger partial charge in [-0.15, -0.1) is 0 Å². The van der Waals surface area contributed by atoms with E-state index in [1.54, 1.807) is 0 Å². The second-order valence-electron chi connectivity index (χ2n) is 13.3. The largest absolute Gasteiger partial charge is 0.481 e. The summed E-state index contributed by atoms with van der Waals surface area (Å²) in [5.41, 5.74) is 0. The average Bonchev–Trinajstić information content (AvgIpc) is 3.14. The Bertz CT molecular complexity index is 1630. The molecule has 0 fully saturated rings. The Morgan fingerprint density at radius 1 is 0.250 bits per heavy atom. The van der Waals surface area contributed by atoms with Crippen LogP contribution in [0.2, 0.25) is 0 Å². The maximum Gasteiger partial charge on any atom is 0.460 e. The molecule has 0 aromatic rings. The molecule has 0 aliphatic carbocycles. The molecule has 462 valence electrons. The Labute approximate surface area is 400 Å². The van der Waals surface area contributed by atoms with Gasteiger partial charge in [-0.25, -0.2) is 0 Å². The van der Waals surface area contributed by atoms with E-state index in [0.717, 1.165) is 13.8 Å². The van der Waals surface area contributed by atoms with Gasteiger partial charge in [0.25, 0.3) is 11.9 Å². The highest BCUT2D eigenvalue weighted by molar-refractivity contribution is 7.81. The standard InChI is InChI=1S/2C10HF21S.C4H10.2C2H4O2/c2*11-1(12,3(15,16)5(19,20)7(23,24)9(27,28)29)2(13,14)4(17,18)6(21,22)8(25,26)10(30,31)32;1-3-4-2;2*1-2(3)4/h2*32H;3-4H2,1-2H3;2*1H3,(H,3,4). The van der Waals surface area contributed by atoms with Crippen LogP contribution < -0.4 is 0 Å². The number of rotatable bonds is 17. The van der Waals surface area contributed by atoms with Crippen LogP contribution in [0.5, 0.6) is 0 Å². The maximum atomic E-state index is 13.2. The van der Waals surface area contributed by atoms with E-state index in [1.807, 2.05) is 0 Å². The van der Waals surface area contributed by atoms with E-state index >= 15 is 0 Å². The van der Waals surface area contributed by atoms with Gasteiger partial charge in [0.2, 0.25) is 0 Å². The second-order valence-corrected chi connectivity index (χ2v) is 14.4. The maximum absolute atomic E-state index is 13.2. The van der Waals surface area contributed by atoms with Crippen molar-refractivity contribution >= 4 is 37.2 Å². The van der Waals surface area contributed by atoms with Crippen LogP contribution >= 0.6 is 25.3 Å². The summed E-state index contributed by atoms with van der Waals surface area (Å²) in [7, 11) is 0. The Kier molecular flexibility index (Phi) is 24.7. The number of hydrogen-bond acceptors (Lipinski definition) is 4. The van der Waals surface area contributed by atoms with Gasteiger partial charge in [0.05, 0.1) is 0 Å². The Morgan fingerprint density at radius 2 is 0.329 bits per heavy atom. The first-order valence-electron chi connectivity index (χ1n) is 16.7. The molecule has 0 saturated carbocycles. The summed E-state index contributed by atoms with van der Waals surface area (Å²) < 4.78 is 535. The fraction of sp³-hybridized carbons (Fsp3) is 0.929. The number of carboxylic acids is 2. The minimum absolute atomic E-state index is 0.833. The molecule has 0 bridgehead atoms. The van der Waals surface area contributed by atoms with Crippen LogP contribution in [0.1, 0.15) is 40.5 Å². The topological polar surface area (TPSA) is 74.6 Å². The molecular weight excluding hydrogens is 1260 g/mol. The van der Waals surface area contributed by atoms with Gasteiger partial charge in [-0.1, -0.05) is 51.9 Å². The van der Waals surface area contributed by atoms with Gasteiger partial charge in [-0.05, 0) is 0 Å². The summed E-state index contributed by atoms with van der Waals surface area (Å²) >= 11 is 2.56. The summed E-state index contributed by atoms with van der Waals surface area (Å²) in [6, 6.07) is 0. The van der Waals surface area contributed by atoms with Gasteiger partial charge in [0.1, 0.15) is 0 Å². The molecule has 0 radical (unpaired) electrons. The van der Waals surface area contributed by atoms with Crippen LogP contribution in [-0.4, -0.2) is 140 Å². The lowest BCUT2D eigenvalue weighted by atomic mass is 9.87. The molecule has 2 N–H and O–H groups in total. The van der Waals surface area contributed by atoms with Crippen LogP contribution in [0.3, 0.4) is 0 Å². The molecule has 48 heteroatoms. The zero-order chi connectivity index (χ0) is 64.6. The molecule has 0 rings (SSSR count). The SMILES string of the molecule is CC(=O)O.CC(=O)O.CCCC.FC(F)(F)C(F)(F)C(F)(F)C(F)(F)C(F)(F)C(F)(F)C(F)(F)C(F)(F)C(F)(F)C(F)(F)S.FC(F)(F)C(F)(F)C(F)(F)C(F)(F)C(F)(F)C(F)(F)C(F)(F)C(F)(F)C(F)(F)C(F)(F)S. The predicted octanol–water partition coefficient (Wildman–Crippen LogP) is 16.3. The van der Waals surface area contributed by atoms with E-state index < -0.39 is 130 Å². The molecule has 76 heavy (non-hydrogen) atoms. The van der Waals surface area contributed by atoms with Gasteiger partial charge in [-0.3, -0.25) is 9.59 Å². The average molecular weight is 1280 g/mol. The second kappa shape index (κ2) is 23.0. The number of carbonyl (C=O) groups is 2. The van der Waals surface area contributed by atoms with Gasteiger partial charge in [0, 0.05) is 13.8 Å². The van der Waals surface area contributed by atoms with Crippen molar-refractivity contribution in [3.63, 3.8) is 0 Å². The van der Waals surface area contributed by atoms with Crippen LogP contribution in [0.15, 0.2) is 0 Å². The van der Waals surface area contributed by atoms with Crippen molar-refractivity contribution in [2.75, 3.05) is 0 Å². The molecule has 0 unspecified atom stereocenters. The van der Waals surface area contributed by atoms with E-state index in [4.69, 9.17) is 19.8 Å². The van der Waals surface area contributed by atoms with Crippen LogP contribution in [0.4, 0.5) is 184 Å². The molecule has 0 aromatic heterocycles. The smallest absolute Gasteiger partial charge is 0.460 e. The Hall–Kier alpha value is -3.30. The fourth-order valence-corrected chi connectivity index (χ4v) is 3.38. The third-order valence-corrected chi connectivity index (χ3v) is 8.05. The monoisotopic (exact) mass is 1280 g/mol. The third kappa shape index (κ3) is 13.5. The van der Waals surface area contributed by atoms with E-state index in [0.29, 0.717) is 0 Å². The normalized spacial score (nSPS) is 15.4. The van der Waals surface area contributed by atoms with E-state index in [2.05, 4.69) is 13.8 Å². The van der Waals surface area contributed by atoms with Crippen molar-refractivity contribution in [2.24, 2.45) is 0 Å². The van der Waals surface area contributed by atoms with E-state index in [1.165, 1.54) is 38.1 Å². The lowest BCUT2D eigenvalue weighted by Crippen LogP contribution is -2.76. The van der Waals surface area contributed by atoms with Crippen molar-refractivity contribution in [2.45, 2.75) is 158 Å². The third-order valence-electron chi connectivity index (χ3n) is 7.49. The fourth-order valence-electron chi connectivity index (χ4n) is 3.10. The van der Waals surface area contributed by atoms with Crippen LogP contribution in [0, 0.1) is 0 Å². The number of thiol groups is 2. The number of alkyl halides is 42. The molecule has 4 nitrogen and oxygen atoms in total. The quantitative estimate of drug-likeness (QED) is 0.0865. The van der Waals surface area contributed by atoms with Crippen molar-refractivity contribution in [1.82, 2.24) is 0 Å². The van der Waals surface area contributed by atoms with Crippen LogP contribution in [-0.2, 0) is 9.59 Å². The highest BCUT2D eigenvalue weighted by atomic mass is 32.1. The van der Waals surface area contributed by atoms with Gasteiger partial charge in [0.15, 0.2) is 0 Å². The Morgan fingerprint density at radius 3 is 0.395 bits per heavy atom. The summed E-state index contributed by atoms with van der Waals surface area (Å²) in [5, 5.41) is 1.17. The van der Waals surface area contributed by atoms with E-state index in [-0.39, 0.29) is 0 Å². The summed E-state index contributed by atoms with van der Waals surface area (Å²) in [6.45, 7) is 6.53. The van der Waals surface area contributed by atoms with Crippen molar-refractivity contribution in [1.29, 1.82) is 0 Å². The molecular formula is C28H20F42O4S2. The van der Waals surface area contributed by atoms with Gasteiger partial charge >= 0.3 is 118 Å². The molecule has 0 amide bonds. The zero-order valence-electron chi connectivity index (χ0n) is 34.9. The highest BCUT2D eigenvalue weighted by Gasteiger charge is 2.99. The summed E-state index contributed by atoms with van der Waals surface area (Å²) in [6.07, 6.45) is -13.3. The number of unbranched alkanes of at least 4 members (excludes halogenated alkanes) is 1. The lowest BCUT2D eigenvalue weighted by molar-refractivity contribution is -0.471. The number of carboxylic acid groups (broad SMARTS) is 2. The number of hydrogen-bond donors (Lipinski definition) is 4. The summed E-state index contributed by atoms with van der Waals surface area (Å²) in [4.78, 5) is 18.0. The zero-order valence-corrected chi connectivity index (χ0v) is 36.7. The minimum atomic E-state index is -9.15. The van der Waals surface area contributed by atoms with Crippen LogP contribution in [0.25, 0.3) is 0 Å². The van der Waals surface area contributed by atoms with E-state index in [9.17, 15) is 184 Å². The molecule has 0 aliphatic rings. The molecule has 0 heterocycles. The van der Waals surface area contributed by atoms with Gasteiger partial charge < -0.3 is 10.2 Å². The predicted molar refractivity (Wildman–Crippen MR) is 166 cm³/mol. The van der Waals surface area contributed by atoms with Crippen molar-refractivity contribution in [3.8, 4) is 0 Å².